The van der Waals surface area contributed by atoms with Crippen molar-refractivity contribution in [3.8, 4) is 0 Å². The Balaban J connectivity index is 2.55. The first-order chi connectivity index (χ1) is 9.38. The predicted octanol–water partition coefficient (Wildman–Crippen LogP) is -0.959. The number of aliphatic carboxylic acids is 1. The normalized spacial score (nSPS) is 11.6. The number of carbonyl (C=O) groups is 3. The van der Waals surface area contributed by atoms with Crippen LogP contribution in [0, 0.1) is 0 Å². The van der Waals surface area contributed by atoms with Crippen LogP contribution in [-0.2, 0) is 20.8 Å². The number of carboxylic acids is 1. The minimum atomic E-state index is -1.22. The van der Waals surface area contributed by atoms with E-state index in [1.165, 1.54) is 6.20 Å². The Hall–Kier alpha value is -2.64. The zero-order valence-electron chi connectivity index (χ0n) is 10.7. The van der Waals surface area contributed by atoms with Crippen molar-refractivity contribution >= 4 is 23.5 Å². The molecule has 108 valence electrons. The summed E-state index contributed by atoms with van der Waals surface area (Å²) in [5, 5.41) is 11.3. The van der Waals surface area contributed by atoms with Gasteiger partial charge in [-0.1, -0.05) is 0 Å². The number of nitrogens with one attached hydrogen (secondary N) is 1. The SMILES string of the molecule is NC(=O)CCC(NC(=O)Cc1ccc(N)cn1)C(=O)O. The molecule has 0 fully saturated rings. The highest BCUT2D eigenvalue weighted by Gasteiger charge is 2.20. The van der Waals surface area contributed by atoms with Gasteiger partial charge in [0, 0.05) is 12.1 Å². The summed E-state index contributed by atoms with van der Waals surface area (Å²) in [5.74, 6) is -2.34. The average molecular weight is 280 g/mol. The molecule has 1 aromatic heterocycles. The minimum Gasteiger partial charge on any atom is -0.480 e. The van der Waals surface area contributed by atoms with E-state index >= 15 is 0 Å². The van der Waals surface area contributed by atoms with Gasteiger partial charge in [0.15, 0.2) is 0 Å². The molecule has 1 rings (SSSR count). The van der Waals surface area contributed by atoms with Gasteiger partial charge >= 0.3 is 5.97 Å². The molecule has 1 atom stereocenters. The Morgan fingerprint density at radius 3 is 2.55 bits per heavy atom. The van der Waals surface area contributed by atoms with Crippen LogP contribution in [0.25, 0.3) is 0 Å². The minimum absolute atomic E-state index is 0.0500. The monoisotopic (exact) mass is 280 g/mol. The maximum absolute atomic E-state index is 11.7. The molecular formula is C12H16N4O4. The molecule has 0 bridgehead atoms. The molecule has 0 aromatic carbocycles. The van der Waals surface area contributed by atoms with E-state index in [1.54, 1.807) is 12.1 Å². The van der Waals surface area contributed by atoms with E-state index in [4.69, 9.17) is 16.6 Å². The second-order valence-corrected chi connectivity index (χ2v) is 4.22. The van der Waals surface area contributed by atoms with Crippen molar-refractivity contribution in [2.24, 2.45) is 5.73 Å². The van der Waals surface area contributed by atoms with Crippen LogP contribution in [0.3, 0.4) is 0 Å². The molecule has 0 aliphatic rings. The summed E-state index contributed by atoms with van der Waals surface area (Å²) in [5.41, 5.74) is 11.3. The third-order valence-electron chi connectivity index (χ3n) is 2.50. The lowest BCUT2D eigenvalue weighted by atomic mass is 10.1. The maximum Gasteiger partial charge on any atom is 0.326 e. The summed E-state index contributed by atoms with van der Waals surface area (Å²) in [4.78, 5) is 37.2. The fraction of sp³-hybridized carbons (Fsp3) is 0.333. The van der Waals surface area contributed by atoms with E-state index in [2.05, 4.69) is 10.3 Å². The highest BCUT2D eigenvalue weighted by atomic mass is 16.4. The quantitative estimate of drug-likeness (QED) is 0.505. The predicted molar refractivity (Wildman–Crippen MR) is 70.3 cm³/mol. The average Bonchev–Trinajstić information content (AvgIpc) is 2.36. The van der Waals surface area contributed by atoms with Gasteiger partial charge in [0.05, 0.1) is 18.3 Å². The van der Waals surface area contributed by atoms with Gasteiger partial charge in [-0.25, -0.2) is 4.79 Å². The second kappa shape index (κ2) is 7.07. The molecule has 1 aromatic rings. The largest absolute Gasteiger partial charge is 0.480 e. The molecule has 0 aliphatic heterocycles. The van der Waals surface area contributed by atoms with Crippen molar-refractivity contribution in [1.29, 1.82) is 0 Å². The standard InChI is InChI=1S/C12H16N4O4/c13-7-1-2-8(15-6-7)5-11(18)16-9(12(19)20)3-4-10(14)17/h1-2,6,9H,3-5,13H2,(H2,14,17)(H,16,18)(H,19,20). The number of hydrogen-bond acceptors (Lipinski definition) is 5. The third-order valence-corrected chi connectivity index (χ3v) is 2.50. The molecule has 1 heterocycles. The fourth-order valence-corrected chi connectivity index (χ4v) is 1.49. The topological polar surface area (TPSA) is 148 Å². The van der Waals surface area contributed by atoms with Gasteiger partial charge < -0.3 is 21.9 Å². The Labute approximate surface area is 115 Å². The summed E-state index contributed by atoms with van der Waals surface area (Å²) in [6.07, 6.45) is 1.17. The van der Waals surface area contributed by atoms with Crippen LogP contribution in [-0.4, -0.2) is 33.9 Å². The highest BCUT2D eigenvalue weighted by molar-refractivity contribution is 5.85. The molecular weight excluding hydrogens is 264 g/mol. The van der Waals surface area contributed by atoms with Crippen LogP contribution in [0.2, 0.25) is 0 Å². The molecule has 8 heteroatoms. The molecule has 2 amide bonds. The molecule has 0 spiro atoms. The van der Waals surface area contributed by atoms with Crippen LogP contribution < -0.4 is 16.8 Å². The summed E-state index contributed by atoms with van der Waals surface area (Å²) >= 11 is 0. The van der Waals surface area contributed by atoms with Gasteiger partial charge in [0.2, 0.25) is 11.8 Å². The number of carboxylic acid groups (broad SMARTS) is 1. The van der Waals surface area contributed by atoms with Gasteiger partial charge in [-0.05, 0) is 18.6 Å². The first-order valence-electron chi connectivity index (χ1n) is 5.89. The number of anilines is 1. The lowest BCUT2D eigenvalue weighted by molar-refractivity contribution is -0.142. The number of nitrogens with zero attached hydrogens (tertiary/aromatic N) is 1. The lowest BCUT2D eigenvalue weighted by Crippen LogP contribution is -2.42. The van der Waals surface area contributed by atoms with Gasteiger partial charge in [0.25, 0.3) is 0 Å². The van der Waals surface area contributed by atoms with E-state index in [0.717, 1.165) is 0 Å². The van der Waals surface area contributed by atoms with Gasteiger partial charge in [-0.2, -0.15) is 0 Å². The van der Waals surface area contributed by atoms with Crippen molar-refractivity contribution in [2.75, 3.05) is 5.73 Å². The third kappa shape index (κ3) is 5.34. The van der Waals surface area contributed by atoms with Gasteiger partial charge in [-0.3, -0.25) is 14.6 Å². The van der Waals surface area contributed by atoms with E-state index in [1.807, 2.05) is 0 Å². The number of pyridine rings is 1. The molecule has 0 saturated heterocycles. The van der Waals surface area contributed by atoms with Gasteiger partial charge in [0.1, 0.15) is 6.04 Å². The summed E-state index contributed by atoms with van der Waals surface area (Å²) in [6.45, 7) is 0. The number of nitrogens with two attached hydrogens (primary N) is 2. The molecule has 20 heavy (non-hydrogen) atoms. The Morgan fingerprint density at radius 1 is 1.35 bits per heavy atom. The number of aromatic nitrogens is 1. The Bertz CT molecular complexity index is 501. The smallest absolute Gasteiger partial charge is 0.326 e. The van der Waals surface area contributed by atoms with Crippen molar-refractivity contribution in [3.05, 3.63) is 24.0 Å². The first kappa shape index (κ1) is 15.4. The lowest BCUT2D eigenvalue weighted by Gasteiger charge is -2.13. The summed E-state index contributed by atoms with van der Waals surface area (Å²) in [6, 6.07) is 2.02. The zero-order valence-corrected chi connectivity index (χ0v) is 10.7. The van der Waals surface area contributed by atoms with Crippen molar-refractivity contribution in [1.82, 2.24) is 10.3 Å². The summed E-state index contributed by atoms with van der Waals surface area (Å²) in [7, 11) is 0. The number of rotatable bonds is 7. The molecule has 6 N–H and O–H groups in total. The molecule has 0 radical (unpaired) electrons. The Morgan fingerprint density at radius 2 is 2.05 bits per heavy atom. The molecule has 8 nitrogen and oxygen atoms in total. The van der Waals surface area contributed by atoms with Crippen LogP contribution in [0.1, 0.15) is 18.5 Å². The number of nitrogen functional groups attached to an aromatic ring is 1. The number of amides is 2. The van der Waals surface area contributed by atoms with Gasteiger partial charge in [-0.15, -0.1) is 0 Å². The fourth-order valence-electron chi connectivity index (χ4n) is 1.49. The number of primary amides is 1. The van der Waals surface area contributed by atoms with E-state index in [-0.39, 0.29) is 19.3 Å². The van der Waals surface area contributed by atoms with Crippen molar-refractivity contribution in [3.63, 3.8) is 0 Å². The first-order valence-corrected chi connectivity index (χ1v) is 5.89. The maximum atomic E-state index is 11.7. The summed E-state index contributed by atoms with van der Waals surface area (Å²) < 4.78 is 0. The van der Waals surface area contributed by atoms with Crippen LogP contribution in [0.4, 0.5) is 5.69 Å². The van der Waals surface area contributed by atoms with Crippen LogP contribution in [0.15, 0.2) is 18.3 Å². The van der Waals surface area contributed by atoms with Crippen molar-refractivity contribution in [2.45, 2.75) is 25.3 Å². The molecule has 0 aliphatic carbocycles. The van der Waals surface area contributed by atoms with Crippen LogP contribution >= 0.6 is 0 Å². The second-order valence-electron chi connectivity index (χ2n) is 4.22. The van der Waals surface area contributed by atoms with Crippen LogP contribution in [0.5, 0.6) is 0 Å². The van der Waals surface area contributed by atoms with E-state index < -0.39 is 23.8 Å². The molecule has 1 unspecified atom stereocenters. The zero-order chi connectivity index (χ0) is 15.1. The number of hydrogen-bond donors (Lipinski definition) is 4. The molecule has 0 saturated carbocycles. The van der Waals surface area contributed by atoms with E-state index in [0.29, 0.717) is 11.4 Å². The number of carbonyl (C=O) groups excluding carboxylic acids is 2. The van der Waals surface area contributed by atoms with E-state index in [9.17, 15) is 14.4 Å². The Kier molecular flexibility index (Phi) is 5.45. The van der Waals surface area contributed by atoms with Crippen molar-refractivity contribution < 1.29 is 19.5 Å². The highest BCUT2D eigenvalue weighted by Crippen LogP contribution is 2.03.